The third-order valence-corrected chi connectivity index (χ3v) is 5.35. The summed E-state index contributed by atoms with van der Waals surface area (Å²) in [6, 6.07) is 0.239. The molecular weight excluding hydrogens is 238 g/mol. The molecule has 5 heteroatoms. The molecule has 0 spiro atoms. The number of nitrogens with one attached hydrogen (secondary N) is 1. The minimum absolute atomic E-state index is 0.180. The molecule has 0 radical (unpaired) electrons. The topological polar surface area (TPSA) is 55.4 Å². The predicted octanol–water partition coefficient (Wildman–Crippen LogP) is 1.36. The second-order valence-corrected chi connectivity index (χ2v) is 8.30. The van der Waals surface area contributed by atoms with E-state index in [9.17, 15) is 8.42 Å². The lowest BCUT2D eigenvalue weighted by Crippen LogP contribution is -2.50. The summed E-state index contributed by atoms with van der Waals surface area (Å²) < 4.78 is 28.4. The highest BCUT2D eigenvalue weighted by atomic mass is 32.2. The van der Waals surface area contributed by atoms with Crippen molar-refractivity contribution < 1.29 is 13.2 Å². The van der Waals surface area contributed by atoms with Crippen LogP contribution in [0, 0.1) is 0 Å². The molecule has 1 saturated heterocycles. The van der Waals surface area contributed by atoms with Gasteiger partial charge in [-0.1, -0.05) is 0 Å². The maximum atomic E-state index is 11.5. The fraction of sp³-hybridized carbons (Fsp3) is 1.00. The molecule has 17 heavy (non-hydrogen) atoms. The number of hydrogen-bond acceptors (Lipinski definition) is 4. The van der Waals surface area contributed by atoms with E-state index in [4.69, 9.17) is 4.74 Å². The van der Waals surface area contributed by atoms with Crippen LogP contribution >= 0.6 is 0 Å². The summed E-state index contributed by atoms with van der Waals surface area (Å²) in [6.07, 6.45) is 1.56. The van der Waals surface area contributed by atoms with Crippen LogP contribution < -0.4 is 5.32 Å². The van der Waals surface area contributed by atoms with Crippen LogP contribution in [-0.4, -0.2) is 44.2 Å². The Morgan fingerprint density at radius 1 is 1.47 bits per heavy atom. The largest absolute Gasteiger partial charge is 0.379 e. The van der Waals surface area contributed by atoms with Crippen LogP contribution in [0.2, 0.25) is 0 Å². The molecule has 2 atom stereocenters. The van der Waals surface area contributed by atoms with Crippen LogP contribution in [0.1, 0.15) is 40.5 Å². The highest BCUT2D eigenvalue weighted by Gasteiger charge is 2.39. The quantitative estimate of drug-likeness (QED) is 0.813. The van der Waals surface area contributed by atoms with Gasteiger partial charge in [0, 0.05) is 18.7 Å². The van der Waals surface area contributed by atoms with E-state index >= 15 is 0 Å². The van der Waals surface area contributed by atoms with Crippen LogP contribution in [0.25, 0.3) is 0 Å². The van der Waals surface area contributed by atoms with Gasteiger partial charge < -0.3 is 10.1 Å². The molecule has 1 heterocycles. The minimum Gasteiger partial charge on any atom is -0.379 e. The van der Waals surface area contributed by atoms with Gasteiger partial charge in [0.1, 0.15) is 0 Å². The lowest BCUT2D eigenvalue weighted by molar-refractivity contribution is 0.00653. The van der Waals surface area contributed by atoms with Crippen molar-refractivity contribution in [2.75, 3.05) is 18.6 Å². The first kappa shape index (κ1) is 14.9. The van der Waals surface area contributed by atoms with Crippen molar-refractivity contribution in [3.05, 3.63) is 0 Å². The molecule has 102 valence electrons. The molecule has 0 aliphatic carbocycles. The molecular formula is C12H25NO3S. The highest BCUT2D eigenvalue weighted by Crippen LogP contribution is 2.25. The lowest BCUT2D eigenvalue weighted by Gasteiger charge is -2.33. The van der Waals surface area contributed by atoms with Crippen molar-refractivity contribution in [3.63, 3.8) is 0 Å². The first-order chi connectivity index (χ1) is 7.58. The number of hydrogen-bond donors (Lipinski definition) is 1. The predicted molar refractivity (Wildman–Crippen MR) is 70.0 cm³/mol. The summed E-state index contributed by atoms with van der Waals surface area (Å²) >= 11 is 0. The fourth-order valence-electron chi connectivity index (χ4n) is 2.59. The Bertz CT molecular complexity index is 364. The summed E-state index contributed by atoms with van der Waals surface area (Å²) in [7, 11) is -1.14. The molecule has 0 aromatic rings. The van der Waals surface area contributed by atoms with Crippen molar-refractivity contribution >= 4 is 9.84 Å². The van der Waals surface area contributed by atoms with Crippen LogP contribution in [0.5, 0.6) is 0 Å². The average Bonchev–Trinajstić information content (AvgIpc) is 2.39. The zero-order chi connectivity index (χ0) is 13.3. The fourth-order valence-corrected chi connectivity index (χ4v) is 4.70. The van der Waals surface area contributed by atoms with Crippen molar-refractivity contribution in [1.82, 2.24) is 5.32 Å². The van der Waals surface area contributed by atoms with Crippen LogP contribution in [0.3, 0.4) is 0 Å². The number of sulfone groups is 1. The van der Waals surface area contributed by atoms with Gasteiger partial charge in [0.15, 0.2) is 9.84 Å². The first-order valence-electron chi connectivity index (χ1n) is 6.11. The van der Waals surface area contributed by atoms with Gasteiger partial charge in [-0.25, -0.2) is 8.42 Å². The molecule has 1 aliphatic rings. The number of ether oxygens (including phenoxy) is 1. The molecule has 4 nitrogen and oxygen atoms in total. The summed E-state index contributed by atoms with van der Waals surface area (Å²) in [5.74, 6) is 0.550. The van der Waals surface area contributed by atoms with E-state index in [-0.39, 0.29) is 22.9 Å². The van der Waals surface area contributed by atoms with Crippen LogP contribution in [0.15, 0.2) is 0 Å². The van der Waals surface area contributed by atoms with E-state index in [1.165, 1.54) is 0 Å². The number of methoxy groups -OCH3 is 1. The summed E-state index contributed by atoms with van der Waals surface area (Å²) in [5, 5.41) is 3.44. The van der Waals surface area contributed by atoms with Gasteiger partial charge >= 0.3 is 0 Å². The molecule has 1 aliphatic heterocycles. The maximum Gasteiger partial charge on any atom is 0.152 e. The lowest BCUT2D eigenvalue weighted by atomic mass is 9.95. The Hall–Kier alpha value is -0.130. The summed E-state index contributed by atoms with van der Waals surface area (Å²) in [5.41, 5.74) is -0.456. The molecule has 0 aromatic heterocycles. The Balaban J connectivity index is 2.55. The Labute approximate surface area is 105 Å². The van der Waals surface area contributed by atoms with E-state index in [2.05, 4.69) is 12.2 Å². The van der Waals surface area contributed by atoms with Gasteiger partial charge in [0.05, 0.1) is 17.1 Å². The second-order valence-electron chi connectivity index (χ2n) is 6.12. The monoisotopic (exact) mass is 263 g/mol. The van der Waals surface area contributed by atoms with Gasteiger partial charge in [0.25, 0.3) is 0 Å². The SMILES string of the molecule is COC(C)(C)CC(C)NC1(C)CCS(=O)(=O)C1. The Kier molecular flexibility index (Phi) is 4.27. The van der Waals surface area contributed by atoms with Gasteiger partial charge in [0.2, 0.25) is 0 Å². The van der Waals surface area contributed by atoms with Gasteiger partial charge in [-0.2, -0.15) is 0 Å². The number of rotatable bonds is 5. The van der Waals surface area contributed by atoms with Gasteiger partial charge in [-0.15, -0.1) is 0 Å². The molecule has 1 rings (SSSR count). The van der Waals surface area contributed by atoms with Crippen molar-refractivity contribution in [3.8, 4) is 0 Å². The standard InChI is InChI=1S/C12H25NO3S/c1-10(8-11(2,3)16-5)13-12(4)6-7-17(14,15)9-12/h10,13H,6-9H2,1-5H3. The second kappa shape index (κ2) is 4.86. The van der Waals surface area contributed by atoms with E-state index in [1.807, 2.05) is 20.8 Å². The molecule has 0 amide bonds. The van der Waals surface area contributed by atoms with E-state index < -0.39 is 9.84 Å². The average molecular weight is 263 g/mol. The molecule has 0 bridgehead atoms. The normalized spacial score (nSPS) is 30.4. The third kappa shape index (κ3) is 4.56. The molecule has 2 unspecified atom stereocenters. The van der Waals surface area contributed by atoms with Crippen LogP contribution in [-0.2, 0) is 14.6 Å². The van der Waals surface area contributed by atoms with Gasteiger partial charge in [-0.3, -0.25) is 0 Å². The van der Waals surface area contributed by atoms with Crippen molar-refractivity contribution in [1.29, 1.82) is 0 Å². The minimum atomic E-state index is -2.84. The van der Waals surface area contributed by atoms with E-state index in [0.29, 0.717) is 12.2 Å². The van der Waals surface area contributed by atoms with E-state index in [1.54, 1.807) is 7.11 Å². The molecule has 1 fully saturated rings. The highest BCUT2D eigenvalue weighted by molar-refractivity contribution is 7.91. The molecule has 1 N–H and O–H groups in total. The molecule has 0 saturated carbocycles. The summed E-state index contributed by atoms with van der Waals surface area (Å²) in [4.78, 5) is 0. The zero-order valence-corrected chi connectivity index (χ0v) is 12.4. The third-order valence-electron chi connectivity index (χ3n) is 3.45. The molecule has 0 aromatic carbocycles. The smallest absolute Gasteiger partial charge is 0.152 e. The van der Waals surface area contributed by atoms with Crippen molar-refractivity contribution in [2.45, 2.75) is 57.7 Å². The Morgan fingerprint density at radius 2 is 2.06 bits per heavy atom. The van der Waals surface area contributed by atoms with Crippen molar-refractivity contribution in [2.24, 2.45) is 0 Å². The van der Waals surface area contributed by atoms with Gasteiger partial charge in [-0.05, 0) is 40.5 Å². The maximum absolute atomic E-state index is 11.5. The Morgan fingerprint density at radius 3 is 2.47 bits per heavy atom. The van der Waals surface area contributed by atoms with Crippen LogP contribution in [0.4, 0.5) is 0 Å². The first-order valence-corrected chi connectivity index (χ1v) is 7.93. The zero-order valence-electron chi connectivity index (χ0n) is 11.5. The summed E-state index contributed by atoms with van der Waals surface area (Å²) in [6.45, 7) is 8.16. The van der Waals surface area contributed by atoms with E-state index in [0.717, 1.165) is 6.42 Å².